The predicted octanol–water partition coefficient (Wildman–Crippen LogP) is -1.79. The van der Waals surface area contributed by atoms with Gasteiger partial charge in [-0.25, -0.2) is 9.36 Å². The molecule has 0 aromatic heterocycles. The first-order valence-corrected chi connectivity index (χ1v) is 4.86. The van der Waals surface area contributed by atoms with E-state index in [4.69, 9.17) is 9.79 Å². The molecular weight excluding hydrogens is 232 g/mol. The minimum Gasteiger partial charge on any atom is -1.00 e. The molecule has 0 bridgehead atoms. The molecule has 0 amide bonds. The van der Waals surface area contributed by atoms with E-state index in [1.807, 2.05) is 0 Å². The van der Waals surface area contributed by atoms with Gasteiger partial charge in [0.2, 0.25) is 0 Å². The Balaban J connectivity index is -0.000000563. The molecule has 0 fully saturated rings. The molecule has 80 valence electrons. The maximum absolute atomic E-state index is 10.9. The van der Waals surface area contributed by atoms with Crippen LogP contribution in [0, 0.1) is 0 Å². The standard InChI is InChI=1S/C7H7O5P.H3N.Na.H/c8-7(12-13(9,10)11)6-4-2-1-3-5-6;;;/h1-5H,(H2,9,10,11);1H3;;/q;;+1;-1. The Morgan fingerprint density at radius 2 is 1.73 bits per heavy atom. The zero-order chi connectivity index (χ0) is 9.90. The number of phosphoric ester groups is 1. The molecule has 0 spiro atoms. The van der Waals surface area contributed by atoms with E-state index >= 15 is 0 Å². The van der Waals surface area contributed by atoms with Crippen LogP contribution in [-0.4, -0.2) is 15.8 Å². The van der Waals surface area contributed by atoms with Crippen LogP contribution in [0.2, 0.25) is 0 Å². The van der Waals surface area contributed by atoms with Gasteiger partial charge in [-0.1, -0.05) is 18.2 Å². The van der Waals surface area contributed by atoms with Crippen molar-refractivity contribution in [1.82, 2.24) is 6.15 Å². The summed E-state index contributed by atoms with van der Waals surface area (Å²) in [6, 6.07) is 7.61. The molecule has 0 unspecified atom stereocenters. The van der Waals surface area contributed by atoms with Crippen LogP contribution in [0.3, 0.4) is 0 Å². The second-order valence-electron chi connectivity index (χ2n) is 2.24. The van der Waals surface area contributed by atoms with Gasteiger partial charge in [-0.2, -0.15) is 0 Å². The van der Waals surface area contributed by atoms with Gasteiger partial charge < -0.3 is 12.1 Å². The third-order valence-electron chi connectivity index (χ3n) is 1.21. The van der Waals surface area contributed by atoms with Crippen LogP contribution in [0.1, 0.15) is 11.8 Å². The van der Waals surface area contributed by atoms with Gasteiger partial charge in [0.15, 0.2) is 0 Å². The van der Waals surface area contributed by atoms with Crippen molar-refractivity contribution < 1.29 is 54.7 Å². The second-order valence-corrected chi connectivity index (χ2v) is 3.40. The van der Waals surface area contributed by atoms with Gasteiger partial charge >= 0.3 is 43.3 Å². The molecule has 0 aliphatic heterocycles. The van der Waals surface area contributed by atoms with Crippen molar-refractivity contribution in [3.05, 3.63) is 35.9 Å². The number of carbonyl (C=O) groups is 1. The van der Waals surface area contributed by atoms with Gasteiger partial charge in [0, 0.05) is 0 Å². The summed E-state index contributed by atoms with van der Waals surface area (Å²) < 4.78 is 14.1. The van der Waals surface area contributed by atoms with E-state index in [2.05, 4.69) is 4.52 Å². The fraction of sp³-hybridized carbons (Fsp3) is 0. The van der Waals surface area contributed by atoms with Gasteiger partial charge in [0.05, 0.1) is 5.56 Å². The van der Waals surface area contributed by atoms with Gasteiger partial charge in [-0.15, -0.1) is 0 Å². The van der Waals surface area contributed by atoms with Crippen molar-refractivity contribution >= 4 is 13.8 Å². The van der Waals surface area contributed by atoms with E-state index in [9.17, 15) is 9.36 Å². The molecule has 8 heteroatoms. The van der Waals surface area contributed by atoms with Crippen LogP contribution >= 0.6 is 7.82 Å². The monoisotopic (exact) mass is 243 g/mol. The van der Waals surface area contributed by atoms with Crippen LogP contribution in [0.5, 0.6) is 0 Å². The van der Waals surface area contributed by atoms with Gasteiger partial charge in [-0.05, 0) is 12.1 Å². The summed E-state index contributed by atoms with van der Waals surface area (Å²) in [5.41, 5.74) is 0.103. The van der Waals surface area contributed by atoms with Crippen molar-refractivity contribution in [2.45, 2.75) is 0 Å². The number of hydrogen-bond acceptors (Lipinski definition) is 4. The van der Waals surface area contributed by atoms with E-state index in [0.29, 0.717) is 0 Å². The molecular formula is C7H11NNaO5P. The first-order valence-electron chi connectivity index (χ1n) is 3.33. The zero-order valence-corrected chi connectivity index (χ0v) is 11.1. The Morgan fingerprint density at radius 3 is 2.13 bits per heavy atom. The van der Waals surface area contributed by atoms with E-state index in [-0.39, 0.29) is 42.7 Å². The Kier molecular flexibility index (Phi) is 8.18. The summed E-state index contributed by atoms with van der Waals surface area (Å²) in [6.07, 6.45) is 0. The first-order chi connectivity index (χ1) is 5.99. The SMILES string of the molecule is N.O=C(OP(=O)(O)O)c1ccccc1.[H-].[Na+]. The Labute approximate surface area is 110 Å². The van der Waals surface area contributed by atoms with E-state index < -0.39 is 13.8 Å². The smallest absolute Gasteiger partial charge is 1.00 e. The number of rotatable bonds is 2. The summed E-state index contributed by atoms with van der Waals surface area (Å²) in [7, 11) is -4.74. The van der Waals surface area contributed by atoms with Gasteiger partial charge in [0.1, 0.15) is 0 Å². The molecule has 0 saturated carbocycles. The summed E-state index contributed by atoms with van der Waals surface area (Å²) in [5, 5.41) is 0. The van der Waals surface area contributed by atoms with Crippen LogP contribution in [0.25, 0.3) is 0 Å². The summed E-state index contributed by atoms with van der Waals surface area (Å²) >= 11 is 0. The minimum atomic E-state index is -4.74. The van der Waals surface area contributed by atoms with Crippen molar-refractivity contribution in [1.29, 1.82) is 0 Å². The quantitative estimate of drug-likeness (QED) is 0.417. The normalized spacial score (nSPS) is 9.47. The molecule has 1 rings (SSSR count). The van der Waals surface area contributed by atoms with Crippen LogP contribution < -0.4 is 35.7 Å². The minimum absolute atomic E-state index is 0. The van der Waals surface area contributed by atoms with Crippen molar-refractivity contribution in [2.24, 2.45) is 0 Å². The molecule has 15 heavy (non-hydrogen) atoms. The zero-order valence-electron chi connectivity index (χ0n) is 9.16. The Bertz CT molecular complexity index is 357. The third kappa shape index (κ3) is 6.81. The number of hydrogen-bond donors (Lipinski definition) is 3. The number of carbonyl (C=O) groups excluding carboxylic acids is 1. The molecule has 0 radical (unpaired) electrons. The largest absolute Gasteiger partial charge is 1.00 e. The molecule has 1 aromatic rings. The molecule has 0 aliphatic carbocycles. The fourth-order valence-electron chi connectivity index (χ4n) is 0.735. The van der Waals surface area contributed by atoms with E-state index in [1.54, 1.807) is 18.2 Å². The molecule has 0 aliphatic rings. The first kappa shape index (κ1) is 17.2. The Morgan fingerprint density at radius 1 is 1.27 bits per heavy atom. The summed E-state index contributed by atoms with van der Waals surface area (Å²) in [4.78, 5) is 27.6. The van der Waals surface area contributed by atoms with Crippen LogP contribution in [-0.2, 0) is 9.09 Å². The van der Waals surface area contributed by atoms with Crippen LogP contribution in [0.4, 0.5) is 0 Å². The number of benzene rings is 1. The maximum Gasteiger partial charge on any atom is 1.00 e. The molecule has 0 atom stereocenters. The molecule has 1 aromatic carbocycles. The molecule has 0 heterocycles. The summed E-state index contributed by atoms with van der Waals surface area (Å²) in [6.45, 7) is 0. The molecule has 6 nitrogen and oxygen atoms in total. The third-order valence-corrected chi connectivity index (χ3v) is 1.61. The Hall–Kier alpha value is -0.200. The average Bonchev–Trinajstić information content (AvgIpc) is 2.03. The molecule has 5 N–H and O–H groups in total. The van der Waals surface area contributed by atoms with Gasteiger partial charge in [0.25, 0.3) is 0 Å². The van der Waals surface area contributed by atoms with Crippen molar-refractivity contribution in [3.8, 4) is 0 Å². The van der Waals surface area contributed by atoms with Crippen molar-refractivity contribution in [3.63, 3.8) is 0 Å². The maximum atomic E-state index is 10.9. The van der Waals surface area contributed by atoms with E-state index in [1.165, 1.54) is 12.1 Å². The fourth-order valence-corrected chi connectivity index (χ4v) is 1.06. The van der Waals surface area contributed by atoms with Gasteiger partial charge in [-0.3, -0.25) is 9.79 Å². The molecule has 0 saturated heterocycles. The topological polar surface area (TPSA) is 119 Å². The second kappa shape index (κ2) is 7.14. The van der Waals surface area contributed by atoms with E-state index in [0.717, 1.165) is 0 Å². The summed E-state index contributed by atoms with van der Waals surface area (Å²) in [5.74, 6) is -1.03. The number of phosphoric acid groups is 1. The predicted molar refractivity (Wildman–Crippen MR) is 50.0 cm³/mol. The van der Waals surface area contributed by atoms with Crippen LogP contribution in [0.15, 0.2) is 30.3 Å². The average molecular weight is 243 g/mol. The van der Waals surface area contributed by atoms with Crippen molar-refractivity contribution in [2.75, 3.05) is 0 Å².